The molecule has 1 aliphatic carbocycles. The van der Waals surface area contributed by atoms with Gasteiger partial charge in [-0.1, -0.05) is 25.2 Å². The van der Waals surface area contributed by atoms with Crippen LogP contribution in [-0.4, -0.2) is 11.7 Å². The fourth-order valence-corrected chi connectivity index (χ4v) is 2.19. The van der Waals surface area contributed by atoms with E-state index < -0.39 is 0 Å². The third-order valence-electron chi connectivity index (χ3n) is 2.92. The molecule has 0 aromatic carbocycles. The molecule has 1 heterocycles. The Balaban J connectivity index is 2.01. The molecule has 1 nitrogen and oxygen atoms in total. The van der Waals surface area contributed by atoms with E-state index in [1.165, 1.54) is 38.5 Å². The average molecular weight is 164 g/mol. The van der Waals surface area contributed by atoms with Crippen LogP contribution in [0.4, 0.5) is 0 Å². The second kappa shape index (κ2) is 3.11. The zero-order valence-electron chi connectivity index (χ0n) is 7.73. The summed E-state index contributed by atoms with van der Waals surface area (Å²) in [5.74, 6) is 6.22. The van der Waals surface area contributed by atoms with E-state index in [-0.39, 0.29) is 5.60 Å². The average Bonchev–Trinajstić information content (AvgIpc) is 2.65. The fraction of sp³-hybridized carbons (Fsp3) is 0.818. The molecule has 1 heteroatoms. The van der Waals surface area contributed by atoms with Gasteiger partial charge >= 0.3 is 0 Å². The van der Waals surface area contributed by atoms with E-state index in [0.29, 0.717) is 6.10 Å². The summed E-state index contributed by atoms with van der Waals surface area (Å²) in [6, 6.07) is 0. The Morgan fingerprint density at radius 2 is 2.08 bits per heavy atom. The van der Waals surface area contributed by atoms with Crippen LogP contribution in [0.3, 0.4) is 0 Å². The Morgan fingerprint density at radius 1 is 1.25 bits per heavy atom. The SMILES string of the molecule is CC#CC12CCCCCCC1O2. The van der Waals surface area contributed by atoms with Gasteiger partial charge < -0.3 is 4.74 Å². The van der Waals surface area contributed by atoms with Crippen LogP contribution in [0.5, 0.6) is 0 Å². The van der Waals surface area contributed by atoms with Crippen molar-refractivity contribution in [2.45, 2.75) is 57.2 Å². The highest BCUT2D eigenvalue weighted by Crippen LogP contribution is 2.45. The van der Waals surface area contributed by atoms with Crippen molar-refractivity contribution in [1.82, 2.24) is 0 Å². The lowest BCUT2D eigenvalue weighted by atomic mass is 9.91. The highest BCUT2D eigenvalue weighted by Gasteiger charge is 2.54. The van der Waals surface area contributed by atoms with Crippen LogP contribution in [0.1, 0.15) is 45.4 Å². The van der Waals surface area contributed by atoms with Crippen LogP contribution < -0.4 is 0 Å². The Kier molecular flexibility index (Phi) is 2.11. The van der Waals surface area contributed by atoms with Gasteiger partial charge in [-0.3, -0.25) is 0 Å². The number of hydrogen-bond donors (Lipinski definition) is 0. The Morgan fingerprint density at radius 3 is 2.92 bits per heavy atom. The van der Waals surface area contributed by atoms with Crippen LogP contribution in [0, 0.1) is 11.8 Å². The number of epoxide rings is 1. The smallest absolute Gasteiger partial charge is 0.155 e. The summed E-state index contributed by atoms with van der Waals surface area (Å²) in [5.41, 5.74) is 0.00910. The molecule has 1 saturated heterocycles. The van der Waals surface area contributed by atoms with Crippen molar-refractivity contribution >= 4 is 0 Å². The first-order chi connectivity index (χ1) is 5.87. The molecule has 2 fully saturated rings. The summed E-state index contributed by atoms with van der Waals surface area (Å²) in [4.78, 5) is 0. The minimum atomic E-state index is 0.00910. The molecule has 1 aliphatic heterocycles. The van der Waals surface area contributed by atoms with Crippen molar-refractivity contribution in [2.24, 2.45) is 0 Å². The molecule has 0 N–H and O–H groups in total. The minimum Gasteiger partial charge on any atom is -0.352 e. The van der Waals surface area contributed by atoms with Gasteiger partial charge in [0, 0.05) is 0 Å². The van der Waals surface area contributed by atoms with E-state index in [0.717, 1.165) is 0 Å². The molecule has 2 atom stereocenters. The number of fused-ring (bicyclic) bond motifs is 1. The van der Waals surface area contributed by atoms with Gasteiger partial charge in [-0.05, 0) is 26.2 Å². The molecule has 0 amide bonds. The summed E-state index contributed by atoms with van der Waals surface area (Å²) in [7, 11) is 0. The van der Waals surface area contributed by atoms with Crippen molar-refractivity contribution in [3.63, 3.8) is 0 Å². The molecule has 2 unspecified atom stereocenters. The van der Waals surface area contributed by atoms with Crippen molar-refractivity contribution in [2.75, 3.05) is 0 Å². The first-order valence-corrected chi connectivity index (χ1v) is 4.99. The van der Waals surface area contributed by atoms with Crippen LogP contribution in [0.25, 0.3) is 0 Å². The van der Waals surface area contributed by atoms with Gasteiger partial charge in [-0.25, -0.2) is 0 Å². The van der Waals surface area contributed by atoms with E-state index in [1.807, 2.05) is 6.92 Å². The van der Waals surface area contributed by atoms with Gasteiger partial charge in [0.25, 0.3) is 0 Å². The van der Waals surface area contributed by atoms with E-state index in [1.54, 1.807) is 0 Å². The minimum absolute atomic E-state index is 0.00910. The topological polar surface area (TPSA) is 12.5 Å². The molecule has 2 rings (SSSR count). The Bertz CT molecular complexity index is 223. The van der Waals surface area contributed by atoms with Gasteiger partial charge in [-0.15, -0.1) is 5.92 Å². The normalized spacial score (nSPS) is 39.9. The van der Waals surface area contributed by atoms with Gasteiger partial charge in [-0.2, -0.15) is 0 Å². The maximum absolute atomic E-state index is 5.69. The molecular formula is C11H16O. The van der Waals surface area contributed by atoms with Crippen molar-refractivity contribution < 1.29 is 4.74 Å². The summed E-state index contributed by atoms with van der Waals surface area (Å²) >= 11 is 0. The van der Waals surface area contributed by atoms with Gasteiger partial charge in [0.2, 0.25) is 0 Å². The van der Waals surface area contributed by atoms with Crippen LogP contribution >= 0.6 is 0 Å². The molecule has 2 aliphatic rings. The number of ether oxygens (including phenoxy) is 1. The lowest BCUT2D eigenvalue weighted by molar-refractivity contribution is 0.322. The lowest BCUT2D eigenvalue weighted by Crippen LogP contribution is -2.14. The fourth-order valence-electron chi connectivity index (χ4n) is 2.19. The van der Waals surface area contributed by atoms with E-state index >= 15 is 0 Å². The van der Waals surface area contributed by atoms with Crippen LogP contribution in [0.15, 0.2) is 0 Å². The molecule has 0 bridgehead atoms. The highest BCUT2D eigenvalue weighted by molar-refractivity contribution is 5.24. The predicted octanol–water partition coefficient (Wildman–Crippen LogP) is 2.50. The first-order valence-electron chi connectivity index (χ1n) is 4.99. The zero-order valence-corrected chi connectivity index (χ0v) is 7.73. The van der Waals surface area contributed by atoms with E-state index in [4.69, 9.17) is 4.74 Å². The Hall–Kier alpha value is -0.480. The number of rotatable bonds is 0. The van der Waals surface area contributed by atoms with Crippen LogP contribution in [0.2, 0.25) is 0 Å². The molecule has 0 aromatic heterocycles. The third kappa shape index (κ3) is 1.36. The zero-order chi connectivity index (χ0) is 8.44. The van der Waals surface area contributed by atoms with Gasteiger partial charge in [0.1, 0.15) is 0 Å². The first kappa shape index (κ1) is 8.13. The van der Waals surface area contributed by atoms with Gasteiger partial charge in [0.15, 0.2) is 5.60 Å². The molecule has 0 aromatic rings. The molecule has 0 spiro atoms. The molecular weight excluding hydrogens is 148 g/mol. The van der Waals surface area contributed by atoms with E-state index in [9.17, 15) is 0 Å². The summed E-state index contributed by atoms with van der Waals surface area (Å²) in [6.45, 7) is 1.91. The standard InChI is InChI=1S/C11H16O/c1-2-8-11-9-6-4-3-5-7-10(11)12-11/h10H,3-7,9H2,1H3. The Labute approximate surface area is 74.5 Å². The monoisotopic (exact) mass is 164 g/mol. The lowest BCUT2D eigenvalue weighted by Gasteiger charge is -2.09. The second-order valence-electron chi connectivity index (χ2n) is 3.82. The van der Waals surface area contributed by atoms with Crippen molar-refractivity contribution in [3.8, 4) is 11.8 Å². The summed E-state index contributed by atoms with van der Waals surface area (Å²) in [6.07, 6.45) is 8.25. The van der Waals surface area contributed by atoms with Crippen LogP contribution in [-0.2, 0) is 4.74 Å². The second-order valence-corrected chi connectivity index (χ2v) is 3.82. The highest BCUT2D eigenvalue weighted by atomic mass is 16.6. The predicted molar refractivity (Wildman–Crippen MR) is 48.8 cm³/mol. The third-order valence-corrected chi connectivity index (χ3v) is 2.92. The molecule has 1 saturated carbocycles. The summed E-state index contributed by atoms with van der Waals surface area (Å²) in [5, 5.41) is 0. The maximum Gasteiger partial charge on any atom is 0.155 e. The quantitative estimate of drug-likeness (QED) is 0.396. The molecule has 12 heavy (non-hydrogen) atoms. The summed E-state index contributed by atoms with van der Waals surface area (Å²) < 4.78 is 5.69. The molecule has 66 valence electrons. The van der Waals surface area contributed by atoms with Crippen molar-refractivity contribution in [3.05, 3.63) is 0 Å². The van der Waals surface area contributed by atoms with Gasteiger partial charge in [0.05, 0.1) is 6.10 Å². The number of hydrogen-bond acceptors (Lipinski definition) is 1. The maximum atomic E-state index is 5.69. The van der Waals surface area contributed by atoms with Crippen molar-refractivity contribution in [1.29, 1.82) is 0 Å². The molecule has 0 radical (unpaired) electrons. The van der Waals surface area contributed by atoms with E-state index in [2.05, 4.69) is 11.8 Å². The largest absolute Gasteiger partial charge is 0.352 e.